The molecule has 1 heterocycles. The molecule has 7 nitrogen and oxygen atoms in total. The van der Waals surface area contributed by atoms with Gasteiger partial charge in [-0.3, -0.25) is 19.3 Å². The van der Waals surface area contributed by atoms with E-state index in [9.17, 15) is 14.4 Å². The number of halogens is 1. The summed E-state index contributed by atoms with van der Waals surface area (Å²) in [6, 6.07) is 13.0. The van der Waals surface area contributed by atoms with Gasteiger partial charge < -0.3 is 14.2 Å². The van der Waals surface area contributed by atoms with E-state index >= 15 is 0 Å². The minimum Gasteiger partial charge on any atom is -0.490 e. The first-order valence-corrected chi connectivity index (χ1v) is 12.0. The summed E-state index contributed by atoms with van der Waals surface area (Å²) in [5.74, 6) is -0.212. The number of esters is 1. The summed E-state index contributed by atoms with van der Waals surface area (Å²) in [5, 5.41) is -0.221. The third-order valence-corrected chi connectivity index (χ3v) is 5.78. The standard InChI is InChI=1S/C25H26ClNO6S/c1-4-31-20-11-18(10-19(26)23(20)33-15-17-8-6-5-7-9-17)12-21-24(29)27(25(30)34-21)13-22(28)32-14-16(2)3/h5-12,16H,4,13-15H2,1-3H3/b21-12-. The molecule has 3 rings (SSSR count). The molecule has 1 aliphatic heterocycles. The van der Waals surface area contributed by atoms with Crippen molar-refractivity contribution in [1.82, 2.24) is 4.90 Å². The van der Waals surface area contributed by atoms with E-state index in [0.29, 0.717) is 35.3 Å². The van der Waals surface area contributed by atoms with Crippen LogP contribution in [0.3, 0.4) is 0 Å². The first-order valence-electron chi connectivity index (χ1n) is 10.8. The molecule has 0 atom stereocenters. The van der Waals surface area contributed by atoms with Crippen LogP contribution in [0, 0.1) is 5.92 Å². The van der Waals surface area contributed by atoms with Crippen molar-refractivity contribution in [2.24, 2.45) is 5.92 Å². The molecular formula is C25H26ClNO6S. The molecule has 2 amide bonds. The van der Waals surface area contributed by atoms with Gasteiger partial charge in [0.05, 0.1) is 23.1 Å². The van der Waals surface area contributed by atoms with Crippen LogP contribution in [0.4, 0.5) is 4.79 Å². The number of ether oxygens (including phenoxy) is 3. The normalized spacial score (nSPS) is 14.7. The fourth-order valence-electron chi connectivity index (χ4n) is 3.03. The largest absolute Gasteiger partial charge is 0.490 e. The smallest absolute Gasteiger partial charge is 0.326 e. The molecule has 0 spiro atoms. The second kappa shape index (κ2) is 11.9. The minimum atomic E-state index is -0.626. The van der Waals surface area contributed by atoms with Gasteiger partial charge in [0.25, 0.3) is 11.1 Å². The maximum Gasteiger partial charge on any atom is 0.326 e. The third kappa shape index (κ3) is 6.77. The Bertz CT molecular complexity index is 1090. The number of imide groups is 1. The summed E-state index contributed by atoms with van der Waals surface area (Å²) in [6.07, 6.45) is 1.54. The van der Waals surface area contributed by atoms with E-state index in [1.165, 1.54) is 0 Å². The SMILES string of the molecule is CCOc1cc(/C=C2\SC(=O)N(CC(=O)OCC(C)C)C2=O)cc(Cl)c1OCc1ccccc1. The Morgan fingerprint density at radius 1 is 1.15 bits per heavy atom. The number of thioether (sulfide) groups is 1. The van der Waals surface area contributed by atoms with Crippen LogP contribution in [0.1, 0.15) is 31.9 Å². The van der Waals surface area contributed by atoms with Gasteiger partial charge in [0.1, 0.15) is 13.2 Å². The van der Waals surface area contributed by atoms with Crippen molar-refractivity contribution in [1.29, 1.82) is 0 Å². The molecule has 0 saturated carbocycles. The summed E-state index contributed by atoms with van der Waals surface area (Å²) in [4.78, 5) is 38.1. The molecule has 2 aromatic rings. The predicted octanol–water partition coefficient (Wildman–Crippen LogP) is 5.55. The lowest BCUT2D eigenvalue weighted by Crippen LogP contribution is -2.34. The summed E-state index contributed by atoms with van der Waals surface area (Å²) in [7, 11) is 0. The van der Waals surface area contributed by atoms with Crippen molar-refractivity contribution in [3.63, 3.8) is 0 Å². The molecule has 0 unspecified atom stereocenters. The van der Waals surface area contributed by atoms with Gasteiger partial charge in [0, 0.05) is 0 Å². The van der Waals surface area contributed by atoms with Crippen molar-refractivity contribution in [2.75, 3.05) is 19.8 Å². The van der Waals surface area contributed by atoms with Crippen LogP contribution in [0.5, 0.6) is 11.5 Å². The number of nitrogens with zero attached hydrogens (tertiary/aromatic N) is 1. The molecule has 0 aliphatic carbocycles. The van der Waals surface area contributed by atoms with Gasteiger partial charge in [-0.05, 0) is 53.9 Å². The van der Waals surface area contributed by atoms with Gasteiger partial charge in [0.2, 0.25) is 0 Å². The Morgan fingerprint density at radius 2 is 1.88 bits per heavy atom. The number of carbonyl (C=O) groups excluding carboxylic acids is 3. The Kier molecular flexibility index (Phi) is 9.01. The molecule has 2 aromatic carbocycles. The van der Waals surface area contributed by atoms with Gasteiger partial charge in [-0.1, -0.05) is 55.8 Å². The molecule has 0 N–H and O–H groups in total. The molecule has 1 aliphatic rings. The van der Waals surface area contributed by atoms with Gasteiger partial charge in [-0.15, -0.1) is 0 Å². The van der Waals surface area contributed by atoms with E-state index in [2.05, 4.69) is 0 Å². The monoisotopic (exact) mass is 503 g/mol. The second-order valence-corrected chi connectivity index (χ2v) is 9.28. The quantitative estimate of drug-likeness (QED) is 0.310. The van der Waals surface area contributed by atoms with E-state index in [1.807, 2.05) is 51.1 Å². The number of rotatable bonds is 10. The zero-order valence-electron chi connectivity index (χ0n) is 19.2. The highest BCUT2D eigenvalue weighted by molar-refractivity contribution is 8.18. The topological polar surface area (TPSA) is 82.1 Å². The van der Waals surface area contributed by atoms with Crippen LogP contribution in [0.2, 0.25) is 5.02 Å². The van der Waals surface area contributed by atoms with Gasteiger partial charge in [-0.2, -0.15) is 0 Å². The van der Waals surface area contributed by atoms with Crippen LogP contribution < -0.4 is 9.47 Å². The first kappa shape index (κ1) is 25.6. The van der Waals surface area contributed by atoms with Crippen LogP contribution in [-0.4, -0.2) is 41.8 Å². The van der Waals surface area contributed by atoms with E-state index < -0.39 is 23.7 Å². The maximum atomic E-state index is 12.7. The number of benzene rings is 2. The fourth-order valence-corrected chi connectivity index (χ4v) is 4.14. The number of hydrogen-bond donors (Lipinski definition) is 0. The summed E-state index contributed by atoms with van der Waals surface area (Å²) in [5.41, 5.74) is 1.54. The lowest BCUT2D eigenvalue weighted by Gasteiger charge is -2.15. The number of carbonyl (C=O) groups is 3. The Hall–Kier alpha value is -2.97. The first-order chi connectivity index (χ1) is 16.3. The van der Waals surface area contributed by atoms with Gasteiger partial charge in [0.15, 0.2) is 11.5 Å². The van der Waals surface area contributed by atoms with E-state index in [4.69, 9.17) is 25.8 Å². The maximum absolute atomic E-state index is 12.7. The molecule has 0 aromatic heterocycles. The van der Waals surface area contributed by atoms with Crippen molar-refractivity contribution in [2.45, 2.75) is 27.4 Å². The van der Waals surface area contributed by atoms with Crippen LogP contribution in [-0.2, 0) is 20.9 Å². The summed E-state index contributed by atoms with van der Waals surface area (Å²) in [6.45, 7) is 6.13. The van der Waals surface area contributed by atoms with Crippen LogP contribution >= 0.6 is 23.4 Å². The van der Waals surface area contributed by atoms with E-state index in [1.54, 1.807) is 18.2 Å². The molecule has 1 fully saturated rings. The highest BCUT2D eigenvalue weighted by Gasteiger charge is 2.36. The number of amides is 2. The fraction of sp³-hybridized carbons (Fsp3) is 0.320. The van der Waals surface area contributed by atoms with E-state index in [-0.39, 0.29) is 17.4 Å². The van der Waals surface area contributed by atoms with Gasteiger partial charge >= 0.3 is 5.97 Å². The molecule has 180 valence electrons. The molecule has 34 heavy (non-hydrogen) atoms. The average molecular weight is 504 g/mol. The zero-order valence-corrected chi connectivity index (χ0v) is 20.8. The highest BCUT2D eigenvalue weighted by Crippen LogP contribution is 2.39. The summed E-state index contributed by atoms with van der Waals surface area (Å²) < 4.78 is 16.7. The van der Waals surface area contributed by atoms with Crippen LogP contribution in [0.25, 0.3) is 6.08 Å². The average Bonchev–Trinajstić information content (AvgIpc) is 3.05. The second-order valence-electron chi connectivity index (χ2n) is 7.88. The Morgan fingerprint density at radius 3 is 2.56 bits per heavy atom. The predicted molar refractivity (Wildman–Crippen MR) is 132 cm³/mol. The van der Waals surface area contributed by atoms with Crippen molar-refractivity contribution < 1.29 is 28.6 Å². The molecule has 0 bridgehead atoms. The molecule has 9 heteroatoms. The van der Waals surface area contributed by atoms with Crippen molar-refractivity contribution in [3.8, 4) is 11.5 Å². The van der Waals surface area contributed by atoms with Crippen molar-refractivity contribution >= 4 is 46.6 Å². The lowest BCUT2D eigenvalue weighted by atomic mass is 10.1. The van der Waals surface area contributed by atoms with Gasteiger partial charge in [-0.25, -0.2) is 0 Å². The zero-order chi connectivity index (χ0) is 24.7. The van der Waals surface area contributed by atoms with E-state index in [0.717, 1.165) is 22.2 Å². The summed E-state index contributed by atoms with van der Waals surface area (Å²) >= 11 is 7.24. The highest BCUT2D eigenvalue weighted by atomic mass is 35.5. The molecule has 0 radical (unpaired) electrons. The third-order valence-electron chi connectivity index (χ3n) is 4.59. The Labute approximate surface area is 208 Å². The lowest BCUT2D eigenvalue weighted by molar-refractivity contribution is -0.147. The molecule has 1 saturated heterocycles. The molecular weight excluding hydrogens is 478 g/mol. The minimum absolute atomic E-state index is 0.155. The Balaban J connectivity index is 1.77. The van der Waals surface area contributed by atoms with Crippen molar-refractivity contribution in [3.05, 3.63) is 63.5 Å². The van der Waals surface area contributed by atoms with Crippen LogP contribution in [0.15, 0.2) is 47.4 Å². The number of hydrogen-bond acceptors (Lipinski definition) is 7.